The molecule has 3 aromatic heterocycles. The van der Waals surface area contributed by atoms with Crippen LogP contribution in [0.5, 0.6) is 11.5 Å². The first-order valence-corrected chi connectivity index (χ1v) is 20.9. The van der Waals surface area contributed by atoms with E-state index in [9.17, 15) is 39.1 Å². The Hall–Kier alpha value is -5.46. The van der Waals surface area contributed by atoms with Crippen LogP contribution in [0.3, 0.4) is 0 Å². The highest BCUT2D eigenvalue weighted by molar-refractivity contribution is 7.65. The Kier molecular flexibility index (Phi) is 15.9. The van der Waals surface area contributed by atoms with Gasteiger partial charge in [-0.15, -0.1) is 0 Å². The van der Waals surface area contributed by atoms with Crippen LogP contribution < -0.4 is 31.2 Å². The van der Waals surface area contributed by atoms with Crippen LogP contribution in [0, 0.1) is 0 Å². The highest BCUT2D eigenvalue weighted by Gasteiger charge is 2.43. The molecule has 22 heteroatoms. The molecule has 3 heterocycles. The summed E-state index contributed by atoms with van der Waals surface area (Å²) in [5.41, 5.74) is 9.53. The van der Waals surface area contributed by atoms with Crippen LogP contribution in [0.15, 0.2) is 61.0 Å². The van der Waals surface area contributed by atoms with Crippen molar-refractivity contribution in [2.75, 3.05) is 50.2 Å². The van der Waals surface area contributed by atoms with Crippen molar-refractivity contribution in [1.29, 1.82) is 0 Å². The molecule has 0 aliphatic carbocycles. The number of aromatic nitrogens is 6. The number of carbonyl (C=O) groups is 3. The molecule has 316 valence electrons. The number of amides is 1. The van der Waals surface area contributed by atoms with E-state index in [1.54, 1.807) is 55.4 Å². The van der Waals surface area contributed by atoms with Crippen molar-refractivity contribution >= 4 is 74.9 Å². The predicted molar refractivity (Wildman–Crippen MR) is 224 cm³/mol. The maximum atomic E-state index is 12.4. The molecule has 0 radical (unpaired) electrons. The maximum absolute atomic E-state index is 12.4. The van der Waals surface area contributed by atoms with Crippen molar-refractivity contribution in [3.63, 3.8) is 0 Å². The van der Waals surface area contributed by atoms with Gasteiger partial charge in [0, 0.05) is 57.5 Å². The van der Waals surface area contributed by atoms with Crippen LogP contribution in [-0.2, 0) is 24.4 Å². The molecule has 59 heavy (non-hydrogen) atoms. The van der Waals surface area contributed by atoms with Gasteiger partial charge in [-0.1, -0.05) is 18.2 Å². The number of hydrogen-bond donors (Lipinski definition) is 9. The third-order valence-electron chi connectivity index (χ3n) is 9.03. The quantitative estimate of drug-likeness (QED) is 0.0187. The Bertz CT molecular complexity index is 2280. The van der Waals surface area contributed by atoms with E-state index in [0.717, 1.165) is 6.29 Å². The Morgan fingerprint density at radius 1 is 0.831 bits per heavy atom. The number of nitrogens with zero attached hydrogens (tertiary/aromatic N) is 6. The molecule has 2 aromatic carbocycles. The first-order chi connectivity index (χ1) is 28.4. The smallest absolute Gasteiger partial charge is 0.220 e. The normalized spacial score (nSPS) is 12.1. The van der Waals surface area contributed by atoms with Crippen LogP contribution in [0.2, 0.25) is 0 Å². The summed E-state index contributed by atoms with van der Waals surface area (Å²) in [6.07, 6.45) is 12.6. The highest BCUT2D eigenvalue weighted by atomic mass is 31.2. The second-order valence-electron chi connectivity index (χ2n) is 13.1. The molecule has 0 saturated carbocycles. The summed E-state index contributed by atoms with van der Waals surface area (Å²) in [5.74, 6) is 1.66. The molecular weight excluding hydrogens is 806 g/mol. The molecule has 20 nitrogen and oxygen atoms in total. The number of nitrogens with one attached hydrogen (secondary N) is 3. The monoisotopic (exact) mass is 854 g/mol. The number of fused-ring (bicyclic) bond motifs is 2. The number of nitrogen functional groups attached to an aromatic ring is 1. The summed E-state index contributed by atoms with van der Waals surface area (Å²) < 4.78 is 17.8. The summed E-state index contributed by atoms with van der Waals surface area (Å²) in [6.45, 7) is 1.69. The van der Waals surface area contributed by atoms with Crippen molar-refractivity contribution in [1.82, 2.24) is 34.2 Å². The van der Waals surface area contributed by atoms with E-state index in [1.807, 2.05) is 33.4 Å². The first-order valence-electron chi connectivity index (χ1n) is 18.4. The van der Waals surface area contributed by atoms with Crippen molar-refractivity contribution < 1.29 is 48.5 Å². The van der Waals surface area contributed by atoms with E-state index in [-0.39, 0.29) is 44.9 Å². The van der Waals surface area contributed by atoms with Gasteiger partial charge in [-0.25, -0.2) is 9.97 Å². The van der Waals surface area contributed by atoms with E-state index in [2.05, 4.69) is 26.0 Å². The average molecular weight is 855 g/mol. The van der Waals surface area contributed by atoms with E-state index >= 15 is 0 Å². The van der Waals surface area contributed by atoms with E-state index in [4.69, 9.17) is 20.2 Å². The molecule has 0 aliphatic rings. The van der Waals surface area contributed by atoms with Crippen LogP contribution in [-0.4, -0.2) is 111 Å². The Morgan fingerprint density at radius 3 is 1.90 bits per heavy atom. The van der Waals surface area contributed by atoms with Gasteiger partial charge in [0.05, 0.1) is 36.1 Å². The largest absolute Gasteiger partial charge is 0.491 e. The minimum absolute atomic E-state index is 0.0710. The molecule has 0 spiro atoms. The number of aliphatic hydroxyl groups is 1. The standard InChI is InChI=1S/C37H48N10O10P2/c1-39-35-43-28-17-25(23-48)19-30(56-15-6-5-12-45-22-27(38)21-42-45)33(28)46(35)13-3-4-14-47-34-29(44-36(47)40-2)18-26(24-49)20-31(34)57-16-7-9-32(50)41-11-8-10-37(51,58(52)53)59(54)55/h3-6,17-24,51-55H,7-16,38H2,1-2H3,(H,39,43)(H,40,44)(H,41,50)/b4-3+,6-5+. The van der Waals surface area contributed by atoms with Gasteiger partial charge in [0.15, 0.2) is 0 Å². The molecule has 10 N–H and O–H groups in total. The number of carbonyl (C=O) groups excluding carboxylic acids is 3. The van der Waals surface area contributed by atoms with Crippen molar-refractivity contribution in [2.24, 2.45) is 0 Å². The molecule has 0 unspecified atom stereocenters. The number of ether oxygens (including phenoxy) is 2. The summed E-state index contributed by atoms with van der Waals surface area (Å²) in [4.78, 5) is 82.8. The zero-order valence-corrected chi connectivity index (χ0v) is 34.2. The van der Waals surface area contributed by atoms with Gasteiger partial charge in [0.2, 0.25) is 39.6 Å². The topological polar surface area (TPSA) is 286 Å². The Balaban J connectivity index is 1.26. The zero-order valence-electron chi connectivity index (χ0n) is 32.4. The first kappa shape index (κ1) is 44.6. The zero-order chi connectivity index (χ0) is 42.5. The second-order valence-corrected chi connectivity index (χ2v) is 16.1. The fraction of sp³-hybridized carbons (Fsp3) is 0.351. The Morgan fingerprint density at radius 2 is 1.39 bits per heavy atom. The minimum Gasteiger partial charge on any atom is -0.491 e. The molecule has 0 fully saturated rings. The number of rotatable bonds is 24. The van der Waals surface area contributed by atoms with Crippen molar-refractivity contribution in [2.45, 2.75) is 50.4 Å². The molecule has 1 amide bonds. The molecule has 5 rings (SSSR count). The molecule has 0 aliphatic heterocycles. The van der Waals surface area contributed by atoms with Crippen LogP contribution >= 0.6 is 16.8 Å². The van der Waals surface area contributed by atoms with Gasteiger partial charge in [0.1, 0.15) is 41.7 Å². The Labute approximate surface area is 341 Å². The summed E-state index contributed by atoms with van der Waals surface area (Å²) in [5, 5.41) is 20.7. The average Bonchev–Trinajstić information content (AvgIpc) is 3.92. The number of aldehydes is 2. The van der Waals surface area contributed by atoms with Crippen molar-refractivity contribution in [3.8, 4) is 11.5 Å². The number of anilines is 3. The molecule has 0 saturated heterocycles. The lowest BCUT2D eigenvalue weighted by atomic mass is 10.2. The lowest BCUT2D eigenvalue weighted by Crippen LogP contribution is -2.28. The third kappa shape index (κ3) is 11.2. The van der Waals surface area contributed by atoms with E-state index in [0.29, 0.717) is 94.6 Å². The van der Waals surface area contributed by atoms with Gasteiger partial charge >= 0.3 is 0 Å². The molecule has 0 atom stereocenters. The molecular formula is C37H48N10O10P2. The van der Waals surface area contributed by atoms with Gasteiger partial charge in [-0.2, -0.15) is 5.10 Å². The summed E-state index contributed by atoms with van der Waals surface area (Å²) in [7, 11) is -2.52. The third-order valence-corrected chi connectivity index (χ3v) is 11.8. The fourth-order valence-electron chi connectivity index (χ4n) is 6.16. The van der Waals surface area contributed by atoms with Gasteiger partial charge in [-0.05, 0) is 49.6 Å². The van der Waals surface area contributed by atoms with E-state index in [1.165, 1.54) is 0 Å². The maximum Gasteiger partial charge on any atom is 0.220 e. The molecule has 0 bridgehead atoms. The van der Waals surface area contributed by atoms with Crippen LogP contribution in [0.25, 0.3) is 22.1 Å². The second kappa shape index (κ2) is 21.0. The number of imidazole rings is 2. The van der Waals surface area contributed by atoms with Crippen LogP contribution in [0.4, 0.5) is 17.6 Å². The minimum atomic E-state index is -3.01. The van der Waals surface area contributed by atoms with Crippen molar-refractivity contribution in [3.05, 3.63) is 72.1 Å². The lowest BCUT2D eigenvalue weighted by molar-refractivity contribution is -0.121. The number of allylic oxidation sites excluding steroid dienone is 3. The number of hydrogen-bond acceptors (Lipinski definition) is 16. The highest BCUT2D eigenvalue weighted by Crippen LogP contribution is 2.60. The number of benzene rings is 2. The van der Waals surface area contributed by atoms with Gasteiger partial charge in [-0.3, -0.25) is 19.1 Å². The number of nitrogens with two attached hydrogens (primary N) is 1. The predicted octanol–water partition coefficient (Wildman–Crippen LogP) is 3.06. The SMILES string of the molecule is CNc1nc2cc(C=O)cc(OC/C=C/Cn3cc(N)cn3)c2n1C/C=C/Cn1c(NC)nc2cc(C=O)cc(OCCCC(=O)NCCCC(O)(P(O)O)P(O)O)c21. The van der Waals surface area contributed by atoms with E-state index < -0.39 is 21.8 Å². The van der Waals surface area contributed by atoms with Gasteiger partial charge in [0.25, 0.3) is 0 Å². The summed E-state index contributed by atoms with van der Waals surface area (Å²) in [6, 6.07) is 6.65. The molecule has 5 aromatic rings. The fourth-order valence-corrected chi connectivity index (χ4v) is 7.52. The lowest BCUT2D eigenvalue weighted by Gasteiger charge is -2.29. The van der Waals surface area contributed by atoms with Gasteiger partial charge < -0.3 is 65.0 Å². The summed E-state index contributed by atoms with van der Waals surface area (Å²) >= 11 is 0. The van der Waals surface area contributed by atoms with Crippen LogP contribution in [0.1, 0.15) is 46.4 Å².